The summed E-state index contributed by atoms with van der Waals surface area (Å²) in [6.07, 6.45) is 0.978. The van der Waals surface area contributed by atoms with Gasteiger partial charge in [0.05, 0.1) is 4.92 Å². The monoisotopic (exact) mass is 276 g/mol. The second-order valence-electron chi connectivity index (χ2n) is 4.37. The molecule has 3 heterocycles. The molecule has 0 aliphatic carbocycles. The van der Waals surface area contributed by atoms with Crippen molar-refractivity contribution < 1.29 is 4.92 Å². The molecule has 98 valence electrons. The molecule has 2 aromatic heterocycles. The highest BCUT2D eigenvalue weighted by Crippen LogP contribution is 2.29. The molecule has 0 amide bonds. The number of nitrogen functional groups attached to an aromatic ring is 1. The van der Waals surface area contributed by atoms with Gasteiger partial charge < -0.3 is 10.6 Å². The Morgan fingerprint density at radius 3 is 3.00 bits per heavy atom. The lowest BCUT2D eigenvalue weighted by atomic mass is 10.1. The molecule has 1 aliphatic heterocycles. The van der Waals surface area contributed by atoms with Crippen LogP contribution >= 0.6 is 11.3 Å². The van der Waals surface area contributed by atoms with Crippen LogP contribution in [0.15, 0.2) is 23.6 Å². The van der Waals surface area contributed by atoms with Gasteiger partial charge in [0.2, 0.25) is 5.82 Å². The number of rotatable bonds is 2. The molecule has 0 radical (unpaired) electrons. The third-order valence-corrected chi connectivity index (χ3v) is 4.24. The van der Waals surface area contributed by atoms with Crippen molar-refractivity contribution in [3.05, 3.63) is 44.1 Å². The molecule has 0 aromatic carbocycles. The van der Waals surface area contributed by atoms with Gasteiger partial charge in [0, 0.05) is 24.0 Å². The Bertz CT molecular complexity index is 640. The van der Waals surface area contributed by atoms with E-state index in [0.29, 0.717) is 5.82 Å². The fourth-order valence-corrected chi connectivity index (χ4v) is 3.12. The van der Waals surface area contributed by atoms with E-state index in [9.17, 15) is 10.1 Å². The van der Waals surface area contributed by atoms with E-state index in [1.54, 1.807) is 17.4 Å². The maximum absolute atomic E-state index is 10.7. The van der Waals surface area contributed by atoms with Crippen LogP contribution in [0.5, 0.6) is 0 Å². The van der Waals surface area contributed by atoms with E-state index in [-0.39, 0.29) is 11.5 Å². The topological polar surface area (TPSA) is 85.3 Å². The number of nitrogens with zero attached hydrogens (tertiary/aromatic N) is 3. The molecule has 3 rings (SSSR count). The molecule has 0 saturated heterocycles. The lowest BCUT2D eigenvalue weighted by Crippen LogP contribution is -2.30. The van der Waals surface area contributed by atoms with Crippen molar-refractivity contribution in [2.45, 2.75) is 13.0 Å². The van der Waals surface area contributed by atoms with Gasteiger partial charge in [-0.3, -0.25) is 10.1 Å². The zero-order chi connectivity index (χ0) is 13.4. The Balaban J connectivity index is 1.88. The van der Waals surface area contributed by atoms with E-state index in [2.05, 4.69) is 21.3 Å². The van der Waals surface area contributed by atoms with Gasteiger partial charge in [-0.2, -0.15) is 0 Å². The standard InChI is InChI=1S/C12H12N4O2S/c13-12-9(16(17)18)1-2-11(14-12)15-5-3-10-8(7-15)4-6-19-10/h1-2,4,6H,3,5,7H2,(H2,13,14). The smallest absolute Gasteiger partial charge is 0.311 e. The molecule has 0 atom stereocenters. The van der Waals surface area contributed by atoms with E-state index < -0.39 is 4.92 Å². The van der Waals surface area contributed by atoms with Crippen LogP contribution in [-0.2, 0) is 13.0 Å². The van der Waals surface area contributed by atoms with Crippen molar-refractivity contribution in [2.75, 3.05) is 17.2 Å². The summed E-state index contributed by atoms with van der Waals surface area (Å²) in [5.74, 6) is 0.665. The highest BCUT2D eigenvalue weighted by molar-refractivity contribution is 7.10. The number of nitrogens with two attached hydrogens (primary N) is 1. The van der Waals surface area contributed by atoms with Gasteiger partial charge >= 0.3 is 5.69 Å². The quantitative estimate of drug-likeness (QED) is 0.671. The summed E-state index contributed by atoms with van der Waals surface area (Å²) in [6, 6.07) is 5.19. The van der Waals surface area contributed by atoms with E-state index >= 15 is 0 Å². The predicted octanol–water partition coefficient (Wildman–Crippen LogP) is 2.20. The van der Waals surface area contributed by atoms with Crippen molar-refractivity contribution in [1.29, 1.82) is 0 Å². The summed E-state index contributed by atoms with van der Waals surface area (Å²) in [6.45, 7) is 1.64. The van der Waals surface area contributed by atoms with Gasteiger partial charge in [-0.15, -0.1) is 11.3 Å². The molecular formula is C12H12N4O2S. The van der Waals surface area contributed by atoms with Crippen LogP contribution in [0.1, 0.15) is 10.4 Å². The Kier molecular flexibility index (Phi) is 2.83. The molecule has 2 aromatic rings. The van der Waals surface area contributed by atoms with Crippen molar-refractivity contribution in [1.82, 2.24) is 4.98 Å². The van der Waals surface area contributed by atoms with Crippen molar-refractivity contribution in [2.24, 2.45) is 0 Å². The summed E-state index contributed by atoms with van der Waals surface area (Å²) in [5, 5.41) is 12.8. The van der Waals surface area contributed by atoms with Gasteiger partial charge in [0.25, 0.3) is 0 Å². The average Bonchev–Trinajstić information content (AvgIpc) is 2.85. The minimum Gasteiger partial charge on any atom is -0.378 e. The average molecular weight is 276 g/mol. The summed E-state index contributed by atoms with van der Waals surface area (Å²) in [4.78, 5) is 17.8. The van der Waals surface area contributed by atoms with Crippen molar-refractivity contribution in [3.8, 4) is 0 Å². The second-order valence-corrected chi connectivity index (χ2v) is 5.37. The molecule has 0 fully saturated rings. The summed E-state index contributed by atoms with van der Waals surface area (Å²) in [7, 11) is 0. The van der Waals surface area contributed by atoms with E-state index in [0.717, 1.165) is 19.5 Å². The van der Waals surface area contributed by atoms with Crippen LogP contribution in [0, 0.1) is 10.1 Å². The number of anilines is 2. The Morgan fingerprint density at radius 2 is 2.26 bits per heavy atom. The number of thiophene rings is 1. The zero-order valence-corrected chi connectivity index (χ0v) is 10.9. The number of nitro groups is 1. The molecule has 0 unspecified atom stereocenters. The molecule has 7 heteroatoms. The van der Waals surface area contributed by atoms with Crippen LogP contribution in [0.2, 0.25) is 0 Å². The van der Waals surface area contributed by atoms with Gasteiger partial charge in [-0.1, -0.05) is 0 Å². The van der Waals surface area contributed by atoms with Gasteiger partial charge in [0.15, 0.2) is 0 Å². The van der Waals surface area contributed by atoms with E-state index in [1.807, 2.05) is 0 Å². The van der Waals surface area contributed by atoms with Crippen LogP contribution in [0.4, 0.5) is 17.3 Å². The first-order chi connectivity index (χ1) is 9.15. The van der Waals surface area contributed by atoms with Crippen LogP contribution in [0.3, 0.4) is 0 Å². The summed E-state index contributed by atoms with van der Waals surface area (Å²) >= 11 is 1.77. The minimum atomic E-state index is -0.515. The minimum absolute atomic E-state index is 0.0291. The highest BCUT2D eigenvalue weighted by Gasteiger charge is 2.20. The SMILES string of the molecule is Nc1nc(N2CCc3sccc3C2)ccc1[N+](=O)[O-]. The Morgan fingerprint density at radius 1 is 1.42 bits per heavy atom. The van der Waals surface area contributed by atoms with E-state index in [4.69, 9.17) is 5.73 Å². The van der Waals surface area contributed by atoms with Crippen LogP contribution < -0.4 is 10.6 Å². The zero-order valence-electron chi connectivity index (χ0n) is 10.1. The number of pyridine rings is 1. The van der Waals surface area contributed by atoms with E-state index in [1.165, 1.54) is 16.5 Å². The van der Waals surface area contributed by atoms with Crippen LogP contribution in [-0.4, -0.2) is 16.5 Å². The third kappa shape index (κ3) is 2.12. The van der Waals surface area contributed by atoms with Crippen molar-refractivity contribution >= 4 is 28.7 Å². The Labute approximate surface area is 113 Å². The first kappa shape index (κ1) is 11.9. The normalized spacial score (nSPS) is 14.2. The lowest BCUT2D eigenvalue weighted by molar-refractivity contribution is -0.384. The third-order valence-electron chi connectivity index (χ3n) is 3.22. The first-order valence-electron chi connectivity index (χ1n) is 5.86. The first-order valence-corrected chi connectivity index (χ1v) is 6.74. The molecule has 0 spiro atoms. The number of hydrogen-bond donors (Lipinski definition) is 1. The molecule has 1 aliphatic rings. The Hall–Kier alpha value is -2.15. The second kappa shape index (κ2) is 4.51. The maximum Gasteiger partial charge on any atom is 0.311 e. The largest absolute Gasteiger partial charge is 0.378 e. The lowest BCUT2D eigenvalue weighted by Gasteiger charge is -2.27. The maximum atomic E-state index is 10.7. The van der Waals surface area contributed by atoms with Crippen molar-refractivity contribution in [3.63, 3.8) is 0 Å². The number of aromatic nitrogens is 1. The predicted molar refractivity (Wildman–Crippen MR) is 74.4 cm³/mol. The highest BCUT2D eigenvalue weighted by atomic mass is 32.1. The molecule has 0 bridgehead atoms. The number of fused-ring (bicyclic) bond motifs is 1. The fraction of sp³-hybridized carbons (Fsp3) is 0.250. The molecular weight excluding hydrogens is 264 g/mol. The molecule has 0 saturated carbocycles. The molecule has 19 heavy (non-hydrogen) atoms. The fourth-order valence-electron chi connectivity index (χ4n) is 2.23. The van der Waals surface area contributed by atoms with Gasteiger partial charge in [-0.25, -0.2) is 4.98 Å². The molecule has 6 nitrogen and oxygen atoms in total. The van der Waals surface area contributed by atoms with Gasteiger partial charge in [0.1, 0.15) is 5.82 Å². The summed E-state index contributed by atoms with van der Waals surface area (Å²) in [5.41, 5.74) is 6.79. The molecule has 2 N–H and O–H groups in total. The van der Waals surface area contributed by atoms with Crippen LogP contribution in [0.25, 0.3) is 0 Å². The van der Waals surface area contributed by atoms with Gasteiger partial charge in [-0.05, 0) is 29.5 Å². The number of hydrogen-bond acceptors (Lipinski definition) is 6. The summed E-state index contributed by atoms with van der Waals surface area (Å²) < 4.78 is 0.